The van der Waals surface area contributed by atoms with Crippen molar-refractivity contribution in [3.8, 4) is 17.1 Å². The molecular formula is C21H19BrF2N2O3. The zero-order valence-electron chi connectivity index (χ0n) is 15.6. The summed E-state index contributed by atoms with van der Waals surface area (Å²) in [6, 6.07) is 12.5. The quantitative estimate of drug-likeness (QED) is 0.493. The van der Waals surface area contributed by atoms with Gasteiger partial charge in [0.05, 0.1) is 6.20 Å². The minimum Gasteiger partial charge on any atom is -0.441 e. The first kappa shape index (κ1) is 21.0. The number of aromatic nitrogens is 1. The summed E-state index contributed by atoms with van der Waals surface area (Å²) in [5.41, 5.74) is 2.52. The summed E-state index contributed by atoms with van der Waals surface area (Å²) < 4.78 is 35.9. The highest BCUT2D eigenvalue weighted by molar-refractivity contribution is 9.10. The number of hydrogen-bond acceptors (Lipinski definition) is 4. The summed E-state index contributed by atoms with van der Waals surface area (Å²) in [5, 5.41) is 2.70. The lowest BCUT2D eigenvalue weighted by molar-refractivity contribution is -0.121. The van der Waals surface area contributed by atoms with Gasteiger partial charge in [-0.15, -0.1) is 0 Å². The Labute approximate surface area is 175 Å². The number of nitrogens with one attached hydrogen (secondary N) is 1. The van der Waals surface area contributed by atoms with Gasteiger partial charge in [-0.2, -0.15) is 8.78 Å². The summed E-state index contributed by atoms with van der Waals surface area (Å²) >= 11 is 3.28. The van der Waals surface area contributed by atoms with Crippen LogP contribution in [0, 0.1) is 6.92 Å². The first-order chi connectivity index (χ1) is 13.9. The fourth-order valence-electron chi connectivity index (χ4n) is 2.68. The molecule has 3 rings (SSSR count). The van der Waals surface area contributed by atoms with Crippen molar-refractivity contribution in [1.29, 1.82) is 0 Å². The smallest absolute Gasteiger partial charge is 0.387 e. The molecule has 1 amide bonds. The summed E-state index contributed by atoms with van der Waals surface area (Å²) in [4.78, 5) is 16.3. The number of benzene rings is 2. The Morgan fingerprint density at radius 1 is 1.24 bits per heavy atom. The molecule has 0 aliphatic carbocycles. The molecule has 0 atom stereocenters. The molecule has 0 spiro atoms. The summed E-state index contributed by atoms with van der Waals surface area (Å²) in [6.45, 7) is -0.857. The lowest BCUT2D eigenvalue weighted by Crippen LogP contribution is -2.23. The number of hydrogen-bond donors (Lipinski definition) is 1. The molecule has 1 aromatic heterocycles. The number of nitrogens with zero attached hydrogens (tertiary/aromatic N) is 1. The van der Waals surface area contributed by atoms with Crippen LogP contribution in [0.4, 0.5) is 8.78 Å². The van der Waals surface area contributed by atoms with Gasteiger partial charge in [0, 0.05) is 35.0 Å². The van der Waals surface area contributed by atoms with Crippen LogP contribution in [0.1, 0.15) is 23.4 Å². The van der Waals surface area contributed by atoms with Gasteiger partial charge in [-0.3, -0.25) is 4.79 Å². The third-order valence-corrected chi connectivity index (χ3v) is 4.66. The van der Waals surface area contributed by atoms with E-state index in [2.05, 4.69) is 31.0 Å². The van der Waals surface area contributed by atoms with Gasteiger partial charge >= 0.3 is 6.61 Å². The Kier molecular flexibility index (Phi) is 6.98. The Balaban J connectivity index is 1.53. The van der Waals surface area contributed by atoms with Crippen molar-refractivity contribution in [3.05, 3.63) is 70.2 Å². The Morgan fingerprint density at radius 3 is 2.72 bits per heavy atom. The number of alkyl halides is 2. The van der Waals surface area contributed by atoms with Crippen molar-refractivity contribution in [2.45, 2.75) is 32.9 Å². The summed E-state index contributed by atoms with van der Waals surface area (Å²) in [5.74, 6) is 0.880. The molecule has 0 radical (unpaired) electrons. The lowest BCUT2D eigenvalue weighted by atomic mass is 10.1. The molecule has 0 saturated carbocycles. The van der Waals surface area contributed by atoms with Crippen LogP contribution in [0.5, 0.6) is 5.75 Å². The number of amides is 1. The van der Waals surface area contributed by atoms with E-state index in [1.54, 1.807) is 18.3 Å². The first-order valence-electron chi connectivity index (χ1n) is 8.92. The van der Waals surface area contributed by atoms with E-state index >= 15 is 0 Å². The molecular weight excluding hydrogens is 446 g/mol. The van der Waals surface area contributed by atoms with E-state index in [1.807, 2.05) is 31.2 Å². The van der Waals surface area contributed by atoms with Crippen molar-refractivity contribution in [1.82, 2.24) is 10.3 Å². The second kappa shape index (κ2) is 9.65. The van der Waals surface area contributed by atoms with Gasteiger partial charge in [0.15, 0.2) is 11.7 Å². The fourth-order valence-corrected chi connectivity index (χ4v) is 3.09. The SMILES string of the molecule is Cc1ccc(-c2cnc(CCC(=O)NCc3cc(Br)ccc3OC(F)F)o2)cc1. The second-order valence-corrected chi connectivity index (χ2v) is 7.31. The maximum absolute atomic E-state index is 12.5. The number of ether oxygens (including phenoxy) is 1. The number of halogens is 3. The third kappa shape index (κ3) is 6.12. The molecule has 0 bridgehead atoms. The molecule has 0 aliphatic heterocycles. The molecule has 2 aromatic carbocycles. The maximum Gasteiger partial charge on any atom is 0.387 e. The minimum absolute atomic E-state index is 0.0268. The number of carbonyl (C=O) groups is 1. The molecule has 29 heavy (non-hydrogen) atoms. The topological polar surface area (TPSA) is 64.4 Å². The summed E-state index contributed by atoms with van der Waals surface area (Å²) in [6.07, 6.45) is 2.12. The van der Waals surface area contributed by atoms with Gasteiger partial charge in [0.25, 0.3) is 0 Å². The van der Waals surface area contributed by atoms with Crippen LogP contribution in [0.2, 0.25) is 0 Å². The fraction of sp³-hybridized carbons (Fsp3) is 0.238. The molecule has 1 heterocycles. The third-order valence-electron chi connectivity index (χ3n) is 4.17. The molecule has 0 aliphatic rings. The Hall–Kier alpha value is -2.74. The highest BCUT2D eigenvalue weighted by Gasteiger charge is 2.13. The van der Waals surface area contributed by atoms with E-state index in [-0.39, 0.29) is 24.6 Å². The molecule has 152 valence electrons. The minimum atomic E-state index is -2.93. The average molecular weight is 465 g/mol. The van der Waals surface area contributed by atoms with Crippen molar-refractivity contribution < 1.29 is 22.7 Å². The highest BCUT2D eigenvalue weighted by atomic mass is 79.9. The van der Waals surface area contributed by atoms with Gasteiger partial charge in [0.2, 0.25) is 5.91 Å². The lowest BCUT2D eigenvalue weighted by Gasteiger charge is -2.12. The van der Waals surface area contributed by atoms with Crippen LogP contribution in [-0.4, -0.2) is 17.5 Å². The van der Waals surface area contributed by atoms with Gasteiger partial charge < -0.3 is 14.5 Å². The van der Waals surface area contributed by atoms with Crippen molar-refractivity contribution >= 4 is 21.8 Å². The number of rotatable bonds is 8. The first-order valence-corrected chi connectivity index (χ1v) is 9.71. The molecule has 8 heteroatoms. The van der Waals surface area contributed by atoms with Crippen LogP contribution in [-0.2, 0) is 17.8 Å². The molecule has 3 aromatic rings. The molecule has 5 nitrogen and oxygen atoms in total. The Bertz CT molecular complexity index is 974. The van der Waals surface area contributed by atoms with E-state index in [9.17, 15) is 13.6 Å². The number of carbonyl (C=O) groups excluding carboxylic acids is 1. The van der Waals surface area contributed by atoms with E-state index in [1.165, 1.54) is 6.07 Å². The molecule has 0 unspecified atom stereocenters. The van der Waals surface area contributed by atoms with Gasteiger partial charge in [0.1, 0.15) is 5.75 Å². The zero-order chi connectivity index (χ0) is 20.8. The number of oxazole rings is 1. The standard InChI is InChI=1S/C21H19BrF2N2O3/c1-13-2-4-14(5-3-13)18-12-26-20(28-18)9-8-19(27)25-11-15-10-16(22)6-7-17(15)29-21(23)24/h2-7,10,12,21H,8-9,11H2,1H3,(H,25,27). The largest absolute Gasteiger partial charge is 0.441 e. The Morgan fingerprint density at radius 2 is 2.00 bits per heavy atom. The van der Waals surface area contributed by atoms with Crippen molar-refractivity contribution in [2.24, 2.45) is 0 Å². The normalized spacial score (nSPS) is 10.9. The van der Waals surface area contributed by atoms with Crippen LogP contribution < -0.4 is 10.1 Å². The highest BCUT2D eigenvalue weighted by Crippen LogP contribution is 2.25. The second-order valence-electron chi connectivity index (χ2n) is 6.39. The van der Waals surface area contributed by atoms with Crippen LogP contribution >= 0.6 is 15.9 Å². The van der Waals surface area contributed by atoms with E-state index in [0.717, 1.165) is 11.1 Å². The van der Waals surface area contributed by atoms with Crippen molar-refractivity contribution in [2.75, 3.05) is 0 Å². The van der Waals surface area contributed by atoms with E-state index in [0.29, 0.717) is 28.1 Å². The van der Waals surface area contributed by atoms with Gasteiger partial charge in [-0.25, -0.2) is 4.98 Å². The van der Waals surface area contributed by atoms with Crippen LogP contribution in [0.15, 0.2) is 57.6 Å². The number of aryl methyl sites for hydroxylation is 2. The molecule has 0 fully saturated rings. The van der Waals surface area contributed by atoms with Gasteiger partial charge in [-0.05, 0) is 25.1 Å². The van der Waals surface area contributed by atoms with Crippen LogP contribution in [0.3, 0.4) is 0 Å². The van der Waals surface area contributed by atoms with Crippen molar-refractivity contribution in [3.63, 3.8) is 0 Å². The zero-order valence-corrected chi connectivity index (χ0v) is 17.2. The van der Waals surface area contributed by atoms with Gasteiger partial charge in [-0.1, -0.05) is 45.8 Å². The molecule has 1 N–H and O–H groups in total. The average Bonchev–Trinajstić information content (AvgIpc) is 3.16. The summed E-state index contributed by atoms with van der Waals surface area (Å²) in [7, 11) is 0. The van der Waals surface area contributed by atoms with E-state index in [4.69, 9.17) is 4.42 Å². The van der Waals surface area contributed by atoms with E-state index < -0.39 is 6.61 Å². The molecule has 0 saturated heterocycles. The monoisotopic (exact) mass is 464 g/mol. The maximum atomic E-state index is 12.5. The predicted molar refractivity (Wildman–Crippen MR) is 108 cm³/mol. The van der Waals surface area contributed by atoms with Crippen LogP contribution in [0.25, 0.3) is 11.3 Å². The predicted octanol–water partition coefficient (Wildman–Crippen LogP) is 5.26.